The van der Waals surface area contributed by atoms with Gasteiger partial charge < -0.3 is 5.11 Å². The fourth-order valence-electron chi connectivity index (χ4n) is 2.58. The van der Waals surface area contributed by atoms with E-state index in [1.165, 1.54) is 12.1 Å². The minimum atomic E-state index is -4.44. The van der Waals surface area contributed by atoms with Crippen LogP contribution < -0.4 is 0 Å². The van der Waals surface area contributed by atoms with Gasteiger partial charge in [-0.2, -0.15) is 8.42 Å². The van der Waals surface area contributed by atoms with Gasteiger partial charge in [0.05, 0.1) is 0 Å². The Balaban J connectivity index is 2.44. The van der Waals surface area contributed by atoms with E-state index < -0.39 is 10.1 Å². The number of benzene rings is 3. The van der Waals surface area contributed by atoms with Crippen molar-refractivity contribution in [3.05, 3.63) is 72.8 Å². The summed E-state index contributed by atoms with van der Waals surface area (Å²) in [6.45, 7) is 0. The highest BCUT2D eigenvalue weighted by Gasteiger charge is 2.23. The van der Waals surface area contributed by atoms with Gasteiger partial charge in [-0.05, 0) is 23.3 Å². The van der Waals surface area contributed by atoms with Crippen LogP contribution in [0.4, 0.5) is 0 Å². The van der Waals surface area contributed by atoms with Crippen molar-refractivity contribution in [1.29, 1.82) is 0 Å². The molecule has 0 saturated heterocycles. The molecule has 3 rings (SSSR count). The number of hydrogen-bond donors (Lipinski definition) is 2. The van der Waals surface area contributed by atoms with Crippen LogP contribution in [-0.4, -0.2) is 18.1 Å². The van der Waals surface area contributed by atoms with Gasteiger partial charge in [0, 0.05) is 11.1 Å². The molecule has 0 aliphatic heterocycles. The van der Waals surface area contributed by atoms with Gasteiger partial charge in [0.1, 0.15) is 10.6 Å². The van der Waals surface area contributed by atoms with Crippen molar-refractivity contribution < 1.29 is 18.1 Å². The van der Waals surface area contributed by atoms with E-state index in [1.54, 1.807) is 48.5 Å². The molecule has 0 atom stereocenters. The van der Waals surface area contributed by atoms with Crippen molar-refractivity contribution >= 4 is 10.1 Å². The summed E-state index contributed by atoms with van der Waals surface area (Å²) < 4.78 is 33.2. The van der Waals surface area contributed by atoms with Crippen LogP contribution in [0.25, 0.3) is 22.3 Å². The molecule has 0 spiro atoms. The maximum absolute atomic E-state index is 11.8. The van der Waals surface area contributed by atoms with Crippen molar-refractivity contribution in [2.24, 2.45) is 0 Å². The lowest BCUT2D eigenvalue weighted by molar-refractivity contribution is 0.475. The summed E-state index contributed by atoms with van der Waals surface area (Å²) in [6.07, 6.45) is 0. The summed E-state index contributed by atoms with van der Waals surface area (Å²) in [6, 6.07) is 20.3. The van der Waals surface area contributed by atoms with Crippen LogP contribution in [0.15, 0.2) is 77.7 Å². The molecule has 0 heterocycles. The van der Waals surface area contributed by atoms with Crippen LogP contribution in [0.3, 0.4) is 0 Å². The van der Waals surface area contributed by atoms with E-state index in [0.717, 1.165) is 0 Å². The van der Waals surface area contributed by atoms with Crippen molar-refractivity contribution in [2.75, 3.05) is 0 Å². The number of phenols is 1. The average molecular weight is 326 g/mol. The Morgan fingerprint density at radius 2 is 1.13 bits per heavy atom. The highest BCUT2D eigenvalue weighted by atomic mass is 32.2. The second-order valence-corrected chi connectivity index (χ2v) is 6.43. The summed E-state index contributed by atoms with van der Waals surface area (Å²) in [5, 5.41) is 10.3. The highest BCUT2D eigenvalue weighted by molar-refractivity contribution is 7.86. The first-order chi connectivity index (χ1) is 11.0. The molecule has 0 aliphatic carbocycles. The topological polar surface area (TPSA) is 74.6 Å². The molecule has 0 amide bonds. The molecule has 0 saturated carbocycles. The zero-order valence-corrected chi connectivity index (χ0v) is 12.9. The van der Waals surface area contributed by atoms with E-state index in [0.29, 0.717) is 16.7 Å². The Bertz CT molecular complexity index is 934. The summed E-state index contributed by atoms with van der Waals surface area (Å²) in [5.74, 6) is -0.0533. The van der Waals surface area contributed by atoms with E-state index in [-0.39, 0.29) is 16.2 Å². The molecule has 0 unspecified atom stereocenters. The third-order valence-corrected chi connectivity index (χ3v) is 4.44. The lowest BCUT2D eigenvalue weighted by Gasteiger charge is -2.15. The second kappa shape index (κ2) is 5.87. The molecule has 0 aliphatic rings. The van der Waals surface area contributed by atoms with E-state index in [2.05, 4.69) is 0 Å². The maximum Gasteiger partial charge on any atom is 0.295 e. The molecule has 116 valence electrons. The summed E-state index contributed by atoms with van der Waals surface area (Å²) >= 11 is 0. The van der Waals surface area contributed by atoms with Gasteiger partial charge in [-0.15, -0.1) is 0 Å². The van der Waals surface area contributed by atoms with Crippen molar-refractivity contribution in [3.63, 3.8) is 0 Å². The van der Waals surface area contributed by atoms with Crippen LogP contribution in [0.2, 0.25) is 0 Å². The number of rotatable bonds is 3. The molecular formula is C18H14O4S. The molecule has 0 bridgehead atoms. The minimum absolute atomic E-state index is 0.0533. The molecule has 2 N–H and O–H groups in total. The molecule has 3 aromatic rings. The monoisotopic (exact) mass is 326 g/mol. The largest absolute Gasteiger partial charge is 0.507 e. The second-order valence-electron chi connectivity index (χ2n) is 5.04. The van der Waals surface area contributed by atoms with Crippen LogP contribution in [0.1, 0.15) is 0 Å². The fourth-order valence-corrected chi connectivity index (χ4v) is 3.29. The Hall–Kier alpha value is -2.63. The lowest BCUT2D eigenvalue weighted by atomic mass is 9.93. The normalized spacial score (nSPS) is 11.3. The van der Waals surface area contributed by atoms with Gasteiger partial charge in [0.15, 0.2) is 0 Å². The number of hydrogen-bond acceptors (Lipinski definition) is 3. The van der Waals surface area contributed by atoms with E-state index >= 15 is 0 Å². The first-order valence-electron chi connectivity index (χ1n) is 6.93. The minimum Gasteiger partial charge on any atom is -0.507 e. The van der Waals surface area contributed by atoms with E-state index in [4.69, 9.17) is 0 Å². The Morgan fingerprint density at radius 1 is 0.652 bits per heavy atom. The SMILES string of the molecule is O=S(=O)(O)c1ccc(O)c(-c2ccccc2)c1-c1ccccc1. The average Bonchev–Trinajstić information content (AvgIpc) is 2.55. The third kappa shape index (κ3) is 2.97. The molecule has 4 nitrogen and oxygen atoms in total. The van der Waals surface area contributed by atoms with Gasteiger partial charge in [0.25, 0.3) is 10.1 Å². The first-order valence-corrected chi connectivity index (χ1v) is 8.37. The van der Waals surface area contributed by atoms with Crippen LogP contribution in [0.5, 0.6) is 5.75 Å². The highest BCUT2D eigenvalue weighted by Crippen LogP contribution is 2.42. The molecule has 5 heteroatoms. The zero-order chi connectivity index (χ0) is 16.4. The Morgan fingerprint density at radius 3 is 1.61 bits per heavy atom. The fraction of sp³-hybridized carbons (Fsp3) is 0. The number of phenolic OH excluding ortho intramolecular Hbond substituents is 1. The Labute approximate surface area is 134 Å². The lowest BCUT2D eigenvalue weighted by Crippen LogP contribution is -2.02. The summed E-state index contributed by atoms with van der Waals surface area (Å²) in [5.41, 5.74) is 1.90. The third-order valence-electron chi connectivity index (χ3n) is 3.55. The van der Waals surface area contributed by atoms with Crippen LogP contribution in [0, 0.1) is 0 Å². The van der Waals surface area contributed by atoms with Crippen molar-refractivity contribution in [3.8, 4) is 28.0 Å². The Kier molecular flexibility index (Phi) is 3.90. The summed E-state index contributed by atoms with van der Waals surface area (Å²) in [7, 11) is -4.44. The molecule has 0 fully saturated rings. The summed E-state index contributed by atoms with van der Waals surface area (Å²) in [4.78, 5) is -0.236. The van der Waals surface area contributed by atoms with Crippen LogP contribution in [-0.2, 0) is 10.1 Å². The predicted molar refractivity (Wildman–Crippen MR) is 88.8 cm³/mol. The smallest absolute Gasteiger partial charge is 0.295 e. The van der Waals surface area contributed by atoms with Crippen molar-refractivity contribution in [1.82, 2.24) is 0 Å². The standard InChI is InChI=1S/C18H14O4S/c19-15-11-12-16(23(20,21)22)18(14-9-5-2-6-10-14)17(15)13-7-3-1-4-8-13/h1-12,19H,(H,20,21,22). The van der Waals surface area contributed by atoms with Gasteiger partial charge in [-0.25, -0.2) is 0 Å². The molecule has 0 radical (unpaired) electrons. The maximum atomic E-state index is 11.8. The van der Waals surface area contributed by atoms with Gasteiger partial charge in [0.2, 0.25) is 0 Å². The zero-order valence-electron chi connectivity index (χ0n) is 12.0. The molecular weight excluding hydrogens is 312 g/mol. The van der Waals surface area contributed by atoms with E-state index in [9.17, 15) is 18.1 Å². The number of aromatic hydroxyl groups is 1. The first kappa shape index (κ1) is 15.3. The van der Waals surface area contributed by atoms with E-state index in [1.807, 2.05) is 12.1 Å². The van der Waals surface area contributed by atoms with Crippen molar-refractivity contribution in [2.45, 2.75) is 4.90 Å². The molecule has 3 aromatic carbocycles. The van der Waals surface area contributed by atoms with Crippen LogP contribution >= 0.6 is 0 Å². The predicted octanol–water partition coefficient (Wildman–Crippen LogP) is 3.97. The molecule has 23 heavy (non-hydrogen) atoms. The quantitative estimate of drug-likeness (QED) is 0.714. The molecule has 0 aromatic heterocycles. The van der Waals surface area contributed by atoms with Gasteiger partial charge in [-0.1, -0.05) is 60.7 Å². The van der Waals surface area contributed by atoms with Gasteiger partial charge in [-0.3, -0.25) is 4.55 Å². The van der Waals surface area contributed by atoms with Gasteiger partial charge >= 0.3 is 0 Å².